The normalized spacial score (nSPS) is 12.9. The maximum atomic E-state index is 4.43. The molecule has 1 unspecified atom stereocenters. The molecule has 2 N–H and O–H groups in total. The molecular weight excluding hydrogens is 254 g/mol. The molecule has 3 nitrogen and oxygen atoms in total. The van der Waals surface area contributed by atoms with E-state index in [4.69, 9.17) is 0 Å². The van der Waals surface area contributed by atoms with E-state index < -0.39 is 0 Å². The number of nitrogens with zero attached hydrogens (tertiary/aromatic N) is 1. The molecule has 2 heterocycles. The van der Waals surface area contributed by atoms with Gasteiger partial charge in [0.1, 0.15) is 5.01 Å². The largest absolute Gasteiger partial charge is 0.361 e. The van der Waals surface area contributed by atoms with Gasteiger partial charge in [0.05, 0.1) is 6.04 Å². The standard InChI is InChI=1S/C15H17N3S/c1-10-8-18-15(19-10)11(2)17-9-13-5-3-4-12-6-7-16-14(12)13/h3-8,11,16-17H,9H2,1-2H3. The number of para-hydroxylation sites is 1. The number of benzene rings is 1. The van der Waals surface area contributed by atoms with Gasteiger partial charge in [-0.15, -0.1) is 11.3 Å². The van der Waals surface area contributed by atoms with E-state index >= 15 is 0 Å². The van der Waals surface area contributed by atoms with Gasteiger partial charge >= 0.3 is 0 Å². The topological polar surface area (TPSA) is 40.7 Å². The highest BCUT2D eigenvalue weighted by molar-refractivity contribution is 7.11. The van der Waals surface area contributed by atoms with Crippen LogP contribution in [0.2, 0.25) is 0 Å². The molecule has 0 radical (unpaired) electrons. The van der Waals surface area contributed by atoms with Crippen LogP contribution in [0, 0.1) is 6.92 Å². The first kappa shape index (κ1) is 12.4. The molecular formula is C15H17N3S. The van der Waals surface area contributed by atoms with Crippen LogP contribution < -0.4 is 5.32 Å². The van der Waals surface area contributed by atoms with Crippen LogP contribution in [0.15, 0.2) is 36.7 Å². The second-order valence-electron chi connectivity index (χ2n) is 4.77. The molecule has 0 bridgehead atoms. The number of nitrogens with one attached hydrogen (secondary N) is 2. The molecule has 4 heteroatoms. The van der Waals surface area contributed by atoms with Crippen LogP contribution in [0.1, 0.15) is 28.4 Å². The van der Waals surface area contributed by atoms with Gasteiger partial charge in [0, 0.05) is 29.3 Å². The Kier molecular flexibility index (Phi) is 3.36. The van der Waals surface area contributed by atoms with E-state index in [1.807, 2.05) is 12.4 Å². The molecule has 0 spiro atoms. The Morgan fingerprint density at radius 3 is 3.05 bits per heavy atom. The van der Waals surface area contributed by atoms with Crippen molar-refractivity contribution in [1.29, 1.82) is 0 Å². The van der Waals surface area contributed by atoms with Crippen molar-refractivity contribution in [1.82, 2.24) is 15.3 Å². The van der Waals surface area contributed by atoms with Crippen molar-refractivity contribution in [3.8, 4) is 0 Å². The highest BCUT2D eigenvalue weighted by Gasteiger charge is 2.09. The summed E-state index contributed by atoms with van der Waals surface area (Å²) in [7, 11) is 0. The molecule has 2 aromatic heterocycles. The fourth-order valence-corrected chi connectivity index (χ4v) is 3.02. The lowest BCUT2D eigenvalue weighted by molar-refractivity contribution is 0.573. The molecule has 0 aliphatic rings. The summed E-state index contributed by atoms with van der Waals surface area (Å²) in [4.78, 5) is 8.99. The van der Waals surface area contributed by atoms with Crippen LogP contribution in [0.5, 0.6) is 0 Å². The van der Waals surface area contributed by atoms with Gasteiger partial charge in [-0.25, -0.2) is 4.98 Å². The van der Waals surface area contributed by atoms with E-state index in [0.29, 0.717) is 0 Å². The Morgan fingerprint density at radius 1 is 1.37 bits per heavy atom. The van der Waals surface area contributed by atoms with Gasteiger partial charge in [-0.3, -0.25) is 0 Å². The zero-order valence-electron chi connectivity index (χ0n) is 11.1. The quantitative estimate of drug-likeness (QED) is 0.758. The molecule has 0 saturated heterocycles. The third kappa shape index (κ3) is 2.55. The Balaban J connectivity index is 1.74. The second-order valence-corrected chi connectivity index (χ2v) is 6.04. The van der Waals surface area contributed by atoms with Gasteiger partial charge in [0.15, 0.2) is 0 Å². The predicted molar refractivity (Wildman–Crippen MR) is 80.4 cm³/mol. The summed E-state index contributed by atoms with van der Waals surface area (Å²) in [6, 6.07) is 8.77. The average molecular weight is 271 g/mol. The molecule has 3 rings (SSSR count). The summed E-state index contributed by atoms with van der Waals surface area (Å²) in [6.45, 7) is 5.10. The number of aromatic amines is 1. The monoisotopic (exact) mass is 271 g/mol. The van der Waals surface area contributed by atoms with Crippen molar-refractivity contribution in [2.75, 3.05) is 0 Å². The molecule has 0 aliphatic heterocycles. The molecule has 0 aliphatic carbocycles. The van der Waals surface area contributed by atoms with E-state index in [1.54, 1.807) is 11.3 Å². The van der Waals surface area contributed by atoms with Crippen molar-refractivity contribution in [3.05, 3.63) is 52.1 Å². The maximum Gasteiger partial charge on any atom is 0.109 e. The Bertz CT molecular complexity index is 683. The molecule has 0 saturated carbocycles. The van der Waals surface area contributed by atoms with Gasteiger partial charge in [-0.2, -0.15) is 0 Å². The third-order valence-corrected chi connectivity index (χ3v) is 4.38. The van der Waals surface area contributed by atoms with Gasteiger partial charge in [0.25, 0.3) is 0 Å². The zero-order chi connectivity index (χ0) is 13.2. The number of thiazole rings is 1. The number of aromatic nitrogens is 2. The van der Waals surface area contributed by atoms with E-state index in [2.05, 4.69) is 53.4 Å². The van der Waals surface area contributed by atoms with E-state index in [0.717, 1.165) is 11.6 Å². The number of H-pyrrole nitrogens is 1. The zero-order valence-corrected chi connectivity index (χ0v) is 11.9. The molecule has 1 aromatic carbocycles. The molecule has 0 amide bonds. The van der Waals surface area contributed by atoms with E-state index in [-0.39, 0.29) is 6.04 Å². The highest BCUT2D eigenvalue weighted by atomic mass is 32.1. The van der Waals surface area contributed by atoms with Crippen LogP contribution in [0.3, 0.4) is 0 Å². The number of rotatable bonds is 4. The predicted octanol–water partition coefficient (Wildman–Crippen LogP) is 3.78. The van der Waals surface area contributed by atoms with Gasteiger partial charge < -0.3 is 10.3 Å². The maximum absolute atomic E-state index is 4.43. The lowest BCUT2D eigenvalue weighted by Crippen LogP contribution is -2.18. The van der Waals surface area contributed by atoms with E-state index in [1.165, 1.54) is 21.3 Å². The Hall–Kier alpha value is -1.65. The van der Waals surface area contributed by atoms with Gasteiger partial charge in [0.2, 0.25) is 0 Å². The summed E-state index contributed by atoms with van der Waals surface area (Å²) >= 11 is 1.75. The first-order valence-electron chi connectivity index (χ1n) is 6.45. The fourth-order valence-electron chi connectivity index (χ4n) is 2.22. The van der Waals surface area contributed by atoms with Crippen LogP contribution in [0.25, 0.3) is 10.9 Å². The summed E-state index contributed by atoms with van der Waals surface area (Å²) in [5.74, 6) is 0. The molecule has 19 heavy (non-hydrogen) atoms. The first-order chi connectivity index (χ1) is 9.24. The number of aryl methyl sites for hydroxylation is 1. The van der Waals surface area contributed by atoms with Crippen molar-refractivity contribution >= 4 is 22.2 Å². The first-order valence-corrected chi connectivity index (χ1v) is 7.26. The lowest BCUT2D eigenvalue weighted by Gasteiger charge is -2.11. The molecule has 98 valence electrons. The van der Waals surface area contributed by atoms with Crippen LogP contribution in [-0.2, 0) is 6.54 Å². The summed E-state index contributed by atoms with van der Waals surface area (Å²) < 4.78 is 0. The van der Waals surface area contributed by atoms with Crippen LogP contribution in [0.4, 0.5) is 0 Å². The smallest absolute Gasteiger partial charge is 0.109 e. The summed E-state index contributed by atoms with van der Waals surface area (Å²) in [6.07, 6.45) is 3.92. The second kappa shape index (κ2) is 5.15. The van der Waals surface area contributed by atoms with E-state index in [9.17, 15) is 0 Å². The number of hydrogen-bond donors (Lipinski definition) is 2. The summed E-state index contributed by atoms with van der Waals surface area (Å²) in [5, 5.41) is 5.95. The minimum absolute atomic E-state index is 0.281. The lowest BCUT2D eigenvalue weighted by atomic mass is 10.1. The highest BCUT2D eigenvalue weighted by Crippen LogP contribution is 2.21. The SMILES string of the molecule is Cc1cnc(C(C)NCc2cccc3cc[nH]c23)s1. The Morgan fingerprint density at radius 2 is 2.26 bits per heavy atom. The van der Waals surface area contributed by atoms with Crippen molar-refractivity contribution in [3.63, 3.8) is 0 Å². The average Bonchev–Trinajstić information content (AvgIpc) is 3.04. The molecule has 0 fully saturated rings. The van der Waals surface area contributed by atoms with Gasteiger partial charge in [-0.1, -0.05) is 18.2 Å². The van der Waals surface area contributed by atoms with Gasteiger partial charge in [-0.05, 0) is 30.9 Å². The fraction of sp³-hybridized carbons (Fsp3) is 0.267. The van der Waals surface area contributed by atoms with Crippen LogP contribution >= 0.6 is 11.3 Å². The van der Waals surface area contributed by atoms with Crippen molar-refractivity contribution < 1.29 is 0 Å². The number of fused-ring (bicyclic) bond motifs is 1. The minimum atomic E-state index is 0.281. The number of hydrogen-bond acceptors (Lipinski definition) is 3. The van der Waals surface area contributed by atoms with Crippen LogP contribution in [-0.4, -0.2) is 9.97 Å². The minimum Gasteiger partial charge on any atom is -0.361 e. The molecule has 3 aromatic rings. The summed E-state index contributed by atoms with van der Waals surface area (Å²) in [5.41, 5.74) is 2.51. The van der Waals surface area contributed by atoms with Crippen molar-refractivity contribution in [2.45, 2.75) is 26.4 Å². The van der Waals surface area contributed by atoms with Crippen molar-refractivity contribution in [2.24, 2.45) is 0 Å². The third-order valence-electron chi connectivity index (χ3n) is 3.28. The Labute approximate surface area is 116 Å². The molecule has 1 atom stereocenters.